The summed E-state index contributed by atoms with van der Waals surface area (Å²) in [4.78, 5) is 45.3. The predicted molar refractivity (Wildman–Crippen MR) is 113 cm³/mol. The van der Waals surface area contributed by atoms with E-state index < -0.39 is 0 Å². The van der Waals surface area contributed by atoms with Gasteiger partial charge < -0.3 is 10.1 Å². The smallest absolute Gasteiger partial charge is 0.324 e. The fraction of sp³-hybridized carbons (Fsp3) is 0.579. The van der Waals surface area contributed by atoms with Crippen molar-refractivity contribution in [1.82, 2.24) is 19.8 Å². The number of nitrogens with zero attached hydrogens (tertiary/aromatic N) is 3. The van der Waals surface area contributed by atoms with Crippen LogP contribution in [-0.4, -0.2) is 57.9 Å². The number of hydrogen-bond acceptors (Lipinski definition) is 7. The SMILES string of the molecule is CCc1c(C)sc2nc(SCC(=O)N3CCNC3=O)n(C[C@H]3CCCO3)c(=O)c12. The molecule has 3 amide bonds. The third-order valence-corrected chi connectivity index (χ3v) is 7.33. The molecule has 0 unspecified atom stereocenters. The first kappa shape index (κ1) is 20.4. The van der Waals surface area contributed by atoms with E-state index >= 15 is 0 Å². The molecule has 156 valence electrons. The zero-order chi connectivity index (χ0) is 20.5. The molecule has 1 atom stereocenters. The van der Waals surface area contributed by atoms with E-state index in [4.69, 9.17) is 9.72 Å². The first-order valence-electron chi connectivity index (χ1n) is 9.85. The number of thiophene rings is 1. The van der Waals surface area contributed by atoms with Crippen molar-refractivity contribution in [3.8, 4) is 0 Å². The van der Waals surface area contributed by atoms with Gasteiger partial charge in [-0.1, -0.05) is 18.7 Å². The summed E-state index contributed by atoms with van der Waals surface area (Å²) in [5.41, 5.74) is 0.977. The minimum atomic E-state index is -0.364. The molecule has 1 N–H and O–H groups in total. The predicted octanol–water partition coefficient (Wildman–Crippen LogP) is 2.15. The molecule has 0 aliphatic carbocycles. The number of fused-ring (bicyclic) bond motifs is 1. The summed E-state index contributed by atoms with van der Waals surface area (Å²) in [6.07, 6.45) is 2.65. The Hall–Kier alpha value is -1.91. The number of rotatable bonds is 6. The van der Waals surface area contributed by atoms with Crippen LogP contribution < -0.4 is 10.9 Å². The first-order valence-corrected chi connectivity index (χ1v) is 11.6. The second-order valence-electron chi connectivity index (χ2n) is 7.18. The number of amides is 3. The van der Waals surface area contributed by atoms with Gasteiger partial charge >= 0.3 is 6.03 Å². The van der Waals surface area contributed by atoms with Crippen LogP contribution in [0.15, 0.2) is 9.95 Å². The lowest BCUT2D eigenvalue weighted by atomic mass is 10.1. The molecule has 10 heteroatoms. The molecule has 2 aromatic heterocycles. The average Bonchev–Trinajstić information content (AvgIpc) is 3.42. The van der Waals surface area contributed by atoms with Crippen LogP contribution in [0.5, 0.6) is 0 Å². The number of carbonyl (C=O) groups is 2. The van der Waals surface area contributed by atoms with Gasteiger partial charge in [0.1, 0.15) is 4.83 Å². The maximum Gasteiger partial charge on any atom is 0.324 e. The molecule has 2 fully saturated rings. The highest BCUT2D eigenvalue weighted by Gasteiger charge is 2.27. The maximum absolute atomic E-state index is 13.4. The highest BCUT2D eigenvalue weighted by molar-refractivity contribution is 7.99. The van der Waals surface area contributed by atoms with E-state index in [0.29, 0.717) is 41.6 Å². The molecule has 0 aromatic carbocycles. The van der Waals surface area contributed by atoms with Crippen LogP contribution in [-0.2, 0) is 22.5 Å². The number of nitrogens with one attached hydrogen (secondary N) is 1. The van der Waals surface area contributed by atoms with Gasteiger partial charge in [0.2, 0.25) is 5.91 Å². The molecule has 2 saturated heterocycles. The van der Waals surface area contributed by atoms with Gasteiger partial charge in [0.15, 0.2) is 5.16 Å². The van der Waals surface area contributed by atoms with Gasteiger partial charge in [-0.15, -0.1) is 11.3 Å². The average molecular weight is 437 g/mol. The van der Waals surface area contributed by atoms with Crippen LogP contribution in [0.25, 0.3) is 10.2 Å². The van der Waals surface area contributed by atoms with Gasteiger partial charge in [0, 0.05) is 24.6 Å². The number of urea groups is 1. The van der Waals surface area contributed by atoms with Crippen molar-refractivity contribution in [2.45, 2.75) is 50.9 Å². The summed E-state index contributed by atoms with van der Waals surface area (Å²) in [5, 5.41) is 3.82. The molecule has 0 saturated carbocycles. The fourth-order valence-corrected chi connectivity index (χ4v) is 5.87. The highest BCUT2D eigenvalue weighted by Crippen LogP contribution is 2.30. The number of carbonyl (C=O) groups excluding carboxylic acids is 2. The summed E-state index contributed by atoms with van der Waals surface area (Å²) in [7, 11) is 0. The number of imide groups is 1. The molecule has 0 radical (unpaired) electrons. The number of aromatic nitrogens is 2. The second kappa shape index (κ2) is 8.45. The zero-order valence-corrected chi connectivity index (χ0v) is 18.2. The molecule has 0 spiro atoms. The monoisotopic (exact) mass is 436 g/mol. The molecule has 0 bridgehead atoms. The number of thioether (sulfide) groups is 1. The standard InChI is InChI=1S/C19H24N4O4S2/c1-3-13-11(2)29-16-15(13)17(25)23(9-12-5-4-8-27-12)19(21-16)28-10-14(24)22-7-6-20-18(22)26/h12H,3-10H2,1-2H3,(H,20,26)/t12-/m1/s1. The van der Waals surface area contributed by atoms with Gasteiger partial charge in [-0.05, 0) is 31.7 Å². The molecule has 4 heterocycles. The Bertz CT molecular complexity index is 1010. The third kappa shape index (κ3) is 3.93. The molecular formula is C19H24N4O4S2. The zero-order valence-electron chi connectivity index (χ0n) is 16.5. The third-order valence-electron chi connectivity index (χ3n) is 5.32. The summed E-state index contributed by atoms with van der Waals surface area (Å²) >= 11 is 2.73. The first-order chi connectivity index (χ1) is 14.0. The summed E-state index contributed by atoms with van der Waals surface area (Å²) < 4.78 is 7.40. The van der Waals surface area contributed by atoms with E-state index in [1.807, 2.05) is 13.8 Å². The Morgan fingerprint density at radius 2 is 2.24 bits per heavy atom. The van der Waals surface area contributed by atoms with Crippen LogP contribution in [0.2, 0.25) is 0 Å². The van der Waals surface area contributed by atoms with E-state index in [1.165, 1.54) is 28.0 Å². The van der Waals surface area contributed by atoms with Crippen molar-refractivity contribution in [3.63, 3.8) is 0 Å². The van der Waals surface area contributed by atoms with E-state index in [9.17, 15) is 14.4 Å². The number of hydrogen-bond donors (Lipinski definition) is 1. The second-order valence-corrected chi connectivity index (χ2v) is 9.33. The molecule has 2 aliphatic heterocycles. The van der Waals surface area contributed by atoms with Gasteiger partial charge in [-0.3, -0.25) is 19.1 Å². The van der Waals surface area contributed by atoms with Crippen LogP contribution in [0.4, 0.5) is 4.79 Å². The largest absolute Gasteiger partial charge is 0.376 e. The van der Waals surface area contributed by atoms with Gasteiger partial charge in [-0.2, -0.15) is 0 Å². The quantitative estimate of drug-likeness (QED) is 0.551. The molecule has 8 nitrogen and oxygen atoms in total. The lowest BCUT2D eigenvalue weighted by Crippen LogP contribution is -2.35. The number of aryl methyl sites for hydroxylation is 2. The van der Waals surface area contributed by atoms with Crippen LogP contribution >= 0.6 is 23.1 Å². The molecule has 4 rings (SSSR count). The van der Waals surface area contributed by atoms with Gasteiger partial charge in [0.05, 0.1) is 23.8 Å². The Balaban J connectivity index is 1.67. The Morgan fingerprint density at radius 1 is 1.41 bits per heavy atom. The van der Waals surface area contributed by atoms with Crippen LogP contribution in [0, 0.1) is 6.92 Å². The van der Waals surface area contributed by atoms with E-state index in [0.717, 1.165) is 29.7 Å². The van der Waals surface area contributed by atoms with Crippen molar-refractivity contribution < 1.29 is 14.3 Å². The normalized spacial score (nSPS) is 19.3. The molecule has 2 aromatic rings. The maximum atomic E-state index is 13.4. The number of ether oxygens (including phenoxy) is 1. The fourth-order valence-electron chi connectivity index (χ4n) is 3.83. The van der Waals surface area contributed by atoms with Crippen molar-refractivity contribution in [1.29, 1.82) is 0 Å². The van der Waals surface area contributed by atoms with Crippen molar-refractivity contribution in [2.24, 2.45) is 0 Å². The Labute approximate surface area is 176 Å². The summed E-state index contributed by atoms with van der Waals surface area (Å²) in [6.45, 7) is 6.03. The van der Waals surface area contributed by atoms with E-state index in [1.54, 1.807) is 4.57 Å². The summed E-state index contributed by atoms with van der Waals surface area (Å²) in [5.74, 6) is -0.221. The summed E-state index contributed by atoms with van der Waals surface area (Å²) in [6, 6.07) is -0.364. The van der Waals surface area contributed by atoms with Crippen LogP contribution in [0.3, 0.4) is 0 Å². The molecule has 2 aliphatic rings. The minimum absolute atomic E-state index is 0.0174. The van der Waals surface area contributed by atoms with Crippen molar-refractivity contribution in [2.75, 3.05) is 25.4 Å². The van der Waals surface area contributed by atoms with Crippen molar-refractivity contribution >= 4 is 45.3 Å². The van der Waals surface area contributed by atoms with Crippen LogP contribution in [0.1, 0.15) is 30.2 Å². The Morgan fingerprint density at radius 3 is 2.90 bits per heavy atom. The van der Waals surface area contributed by atoms with Gasteiger partial charge in [-0.25, -0.2) is 9.78 Å². The van der Waals surface area contributed by atoms with E-state index in [-0.39, 0.29) is 29.4 Å². The van der Waals surface area contributed by atoms with E-state index in [2.05, 4.69) is 5.32 Å². The molecule has 29 heavy (non-hydrogen) atoms. The van der Waals surface area contributed by atoms with Crippen molar-refractivity contribution in [3.05, 3.63) is 20.8 Å². The lowest BCUT2D eigenvalue weighted by Gasteiger charge is -2.17. The highest BCUT2D eigenvalue weighted by atomic mass is 32.2. The topological polar surface area (TPSA) is 93.5 Å². The van der Waals surface area contributed by atoms with Gasteiger partial charge in [0.25, 0.3) is 5.56 Å². The Kier molecular flexibility index (Phi) is 5.93. The molecular weight excluding hydrogens is 412 g/mol. The lowest BCUT2D eigenvalue weighted by molar-refractivity contribution is -0.124. The minimum Gasteiger partial charge on any atom is -0.376 e.